The van der Waals surface area contributed by atoms with Gasteiger partial charge in [0.15, 0.2) is 0 Å². The Balaban J connectivity index is 2.74. The Morgan fingerprint density at radius 2 is 2.11 bits per heavy atom. The van der Waals surface area contributed by atoms with E-state index in [1.807, 2.05) is 0 Å². The number of pyridine rings is 1. The number of nitrogen functional groups attached to an aromatic ring is 1. The van der Waals surface area contributed by atoms with Gasteiger partial charge in [-0.3, -0.25) is 4.79 Å². The molecule has 1 amide bonds. The van der Waals surface area contributed by atoms with Crippen molar-refractivity contribution in [3.05, 3.63) is 22.8 Å². The number of alkyl halides is 3. The van der Waals surface area contributed by atoms with Gasteiger partial charge in [0.05, 0.1) is 6.42 Å². The zero-order valence-corrected chi connectivity index (χ0v) is 10.2. The molecule has 0 aliphatic heterocycles. The zero-order valence-electron chi connectivity index (χ0n) is 9.46. The molecule has 2 N–H and O–H groups in total. The number of aromatic nitrogens is 1. The van der Waals surface area contributed by atoms with Crippen molar-refractivity contribution in [1.29, 1.82) is 0 Å². The molecule has 0 saturated carbocycles. The van der Waals surface area contributed by atoms with E-state index in [1.165, 1.54) is 19.2 Å². The molecule has 0 bridgehead atoms. The molecule has 1 heterocycles. The van der Waals surface area contributed by atoms with Crippen molar-refractivity contribution in [2.75, 3.05) is 19.3 Å². The summed E-state index contributed by atoms with van der Waals surface area (Å²) < 4.78 is 36.1. The molecule has 0 radical (unpaired) electrons. The number of carbonyl (C=O) groups excluding carboxylic acids is 1. The van der Waals surface area contributed by atoms with Gasteiger partial charge < -0.3 is 10.6 Å². The number of amides is 1. The van der Waals surface area contributed by atoms with Crippen molar-refractivity contribution < 1.29 is 18.0 Å². The highest BCUT2D eigenvalue weighted by atomic mass is 35.5. The number of rotatable bonds is 3. The summed E-state index contributed by atoms with van der Waals surface area (Å²) >= 11 is 5.61. The summed E-state index contributed by atoms with van der Waals surface area (Å²) in [6.07, 6.45) is -5.37. The standard InChI is InChI=1S/C10H11ClF3N3O/c1-17(3-2-10(12,13)14)9(18)6-4-7(11)16-8(15)5-6/h4-5H,2-3H2,1H3,(H2,15,16). The van der Waals surface area contributed by atoms with E-state index >= 15 is 0 Å². The Hall–Kier alpha value is -1.50. The normalized spacial score (nSPS) is 11.4. The fourth-order valence-corrected chi connectivity index (χ4v) is 1.47. The van der Waals surface area contributed by atoms with Crippen LogP contribution in [0.15, 0.2) is 12.1 Å². The van der Waals surface area contributed by atoms with Crippen molar-refractivity contribution in [2.45, 2.75) is 12.6 Å². The lowest BCUT2D eigenvalue weighted by atomic mass is 10.2. The third kappa shape index (κ3) is 4.40. The minimum absolute atomic E-state index is 0.0163. The van der Waals surface area contributed by atoms with Crippen molar-refractivity contribution >= 4 is 23.3 Å². The average Bonchev–Trinajstić information content (AvgIpc) is 2.22. The molecule has 0 aromatic carbocycles. The van der Waals surface area contributed by atoms with Crippen LogP contribution in [0.25, 0.3) is 0 Å². The first kappa shape index (κ1) is 14.6. The highest BCUT2D eigenvalue weighted by molar-refractivity contribution is 6.29. The predicted molar refractivity (Wildman–Crippen MR) is 61.3 cm³/mol. The first-order valence-electron chi connectivity index (χ1n) is 4.94. The van der Waals surface area contributed by atoms with Crippen LogP contribution in [0.2, 0.25) is 5.15 Å². The fraction of sp³-hybridized carbons (Fsp3) is 0.400. The molecule has 0 aliphatic carbocycles. The van der Waals surface area contributed by atoms with Crippen LogP contribution in [0.3, 0.4) is 0 Å². The summed E-state index contributed by atoms with van der Waals surface area (Å²) in [7, 11) is 1.28. The summed E-state index contributed by atoms with van der Waals surface area (Å²) in [6.45, 7) is -0.428. The minimum atomic E-state index is -4.30. The molecule has 18 heavy (non-hydrogen) atoms. The largest absolute Gasteiger partial charge is 0.390 e. The lowest BCUT2D eigenvalue weighted by Crippen LogP contribution is -2.30. The minimum Gasteiger partial charge on any atom is -0.384 e. The van der Waals surface area contributed by atoms with Gasteiger partial charge in [-0.1, -0.05) is 11.6 Å². The second kappa shape index (κ2) is 5.43. The maximum absolute atomic E-state index is 12.0. The van der Waals surface area contributed by atoms with E-state index in [2.05, 4.69) is 4.98 Å². The summed E-state index contributed by atoms with van der Waals surface area (Å²) in [4.78, 5) is 16.4. The Bertz CT molecular complexity index is 430. The maximum Gasteiger partial charge on any atom is 0.390 e. The van der Waals surface area contributed by atoms with E-state index in [1.54, 1.807) is 0 Å². The number of anilines is 1. The Kier molecular flexibility index (Phi) is 4.39. The molecule has 1 aromatic heterocycles. The number of hydrogen-bond acceptors (Lipinski definition) is 3. The number of nitrogens with zero attached hydrogens (tertiary/aromatic N) is 2. The van der Waals surface area contributed by atoms with Gasteiger partial charge in [-0.05, 0) is 12.1 Å². The number of hydrogen-bond donors (Lipinski definition) is 1. The van der Waals surface area contributed by atoms with Gasteiger partial charge in [0.25, 0.3) is 5.91 Å². The first-order valence-corrected chi connectivity index (χ1v) is 5.32. The first-order chi connectivity index (χ1) is 8.19. The Morgan fingerprint density at radius 1 is 1.50 bits per heavy atom. The summed E-state index contributed by atoms with van der Waals surface area (Å²) in [5.74, 6) is -0.551. The van der Waals surface area contributed by atoms with Gasteiger partial charge >= 0.3 is 6.18 Å². The van der Waals surface area contributed by atoms with Crippen molar-refractivity contribution in [3.8, 4) is 0 Å². The van der Waals surface area contributed by atoms with Crippen LogP contribution in [0.1, 0.15) is 16.8 Å². The molecule has 1 rings (SSSR count). The number of nitrogens with two attached hydrogens (primary N) is 1. The number of carbonyl (C=O) groups is 1. The SMILES string of the molecule is CN(CCC(F)(F)F)C(=O)c1cc(N)nc(Cl)c1. The van der Waals surface area contributed by atoms with Crippen LogP contribution in [0, 0.1) is 0 Å². The summed E-state index contributed by atoms with van der Waals surface area (Å²) in [5.41, 5.74) is 5.50. The van der Waals surface area contributed by atoms with Crippen LogP contribution in [0.4, 0.5) is 19.0 Å². The van der Waals surface area contributed by atoms with Crippen molar-refractivity contribution in [1.82, 2.24) is 9.88 Å². The smallest absolute Gasteiger partial charge is 0.384 e. The van der Waals surface area contributed by atoms with E-state index in [0.29, 0.717) is 0 Å². The molecule has 8 heteroatoms. The Morgan fingerprint density at radius 3 is 2.61 bits per heavy atom. The fourth-order valence-electron chi connectivity index (χ4n) is 1.26. The van der Waals surface area contributed by atoms with Crippen LogP contribution >= 0.6 is 11.6 Å². The molecule has 0 aliphatic rings. The molecule has 1 aromatic rings. The van der Waals surface area contributed by atoms with E-state index < -0.39 is 25.0 Å². The van der Waals surface area contributed by atoms with Crippen LogP contribution in [-0.4, -0.2) is 35.6 Å². The lowest BCUT2D eigenvalue weighted by molar-refractivity contribution is -0.136. The molecule has 4 nitrogen and oxygen atoms in total. The van der Waals surface area contributed by atoms with E-state index in [4.69, 9.17) is 17.3 Å². The molecule has 0 unspecified atom stereocenters. The molecular weight excluding hydrogens is 271 g/mol. The second-order valence-corrected chi connectivity index (χ2v) is 4.08. The topological polar surface area (TPSA) is 59.2 Å². The third-order valence-corrected chi connectivity index (χ3v) is 2.33. The third-order valence-electron chi connectivity index (χ3n) is 2.14. The molecular formula is C10H11ClF3N3O. The quantitative estimate of drug-likeness (QED) is 0.865. The van der Waals surface area contributed by atoms with Gasteiger partial charge in [-0.25, -0.2) is 4.98 Å². The van der Waals surface area contributed by atoms with Crippen LogP contribution < -0.4 is 5.73 Å². The van der Waals surface area contributed by atoms with E-state index in [9.17, 15) is 18.0 Å². The predicted octanol–water partition coefficient (Wildman–Crippen LogP) is 2.34. The summed E-state index contributed by atoms with van der Waals surface area (Å²) in [5, 5.41) is 0.0163. The van der Waals surface area contributed by atoms with Crippen molar-refractivity contribution in [3.63, 3.8) is 0 Å². The molecule has 0 fully saturated rings. The highest BCUT2D eigenvalue weighted by Gasteiger charge is 2.28. The van der Waals surface area contributed by atoms with Gasteiger partial charge in [0.2, 0.25) is 0 Å². The summed E-state index contributed by atoms with van der Waals surface area (Å²) in [6, 6.07) is 2.52. The van der Waals surface area contributed by atoms with Gasteiger partial charge in [-0.2, -0.15) is 13.2 Å². The molecule has 0 atom stereocenters. The Labute approximate surface area is 107 Å². The second-order valence-electron chi connectivity index (χ2n) is 3.70. The molecule has 0 spiro atoms. The zero-order chi connectivity index (χ0) is 13.9. The van der Waals surface area contributed by atoms with Gasteiger partial charge in [0, 0.05) is 19.2 Å². The van der Waals surface area contributed by atoms with Gasteiger partial charge in [-0.15, -0.1) is 0 Å². The average molecular weight is 282 g/mol. The molecule has 100 valence electrons. The van der Waals surface area contributed by atoms with Gasteiger partial charge in [0.1, 0.15) is 11.0 Å². The maximum atomic E-state index is 12.0. The van der Waals surface area contributed by atoms with Crippen LogP contribution in [-0.2, 0) is 0 Å². The van der Waals surface area contributed by atoms with Crippen LogP contribution in [0.5, 0.6) is 0 Å². The monoisotopic (exact) mass is 281 g/mol. The lowest BCUT2D eigenvalue weighted by Gasteiger charge is -2.18. The number of halogens is 4. The van der Waals surface area contributed by atoms with E-state index in [0.717, 1.165) is 4.90 Å². The van der Waals surface area contributed by atoms with E-state index in [-0.39, 0.29) is 16.5 Å². The highest BCUT2D eigenvalue weighted by Crippen LogP contribution is 2.20. The molecule has 0 saturated heterocycles. The van der Waals surface area contributed by atoms with Crippen molar-refractivity contribution in [2.24, 2.45) is 0 Å².